The molecule has 0 heterocycles. The van der Waals surface area contributed by atoms with Crippen LogP contribution in [0.5, 0.6) is 0 Å². The highest BCUT2D eigenvalue weighted by atomic mass is 32.2. The Hall–Kier alpha value is -2.42. The van der Waals surface area contributed by atoms with E-state index in [-0.39, 0.29) is 18.8 Å². The second kappa shape index (κ2) is 21.3. The van der Waals surface area contributed by atoms with Gasteiger partial charge in [0.25, 0.3) is 0 Å². The first-order valence-electron chi connectivity index (χ1n) is 14.0. The van der Waals surface area contributed by atoms with Crippen molar-refractivity contribution in [1.82, 2.24) is 21.3 Å². The van der Waals surface area contributed by atoms with Crippen molar-refractivity contribution in [3.8, 4) is 0 Å². The number of thioether (sulfide) groups is 1. The summed E-state index contributed by atoms with van der Waals surface area (Å²) in [6.07, 6.45) is 5.72. The molecule has 0 rings (SSSR count). The monoisotopic (exact) mass is 589 g/mol. The number of hydrogen-bond acceptors (Lipinski definition) is 9. The fourth-order valence-electron chi connectivity index (χ4n) is 3.82. The second-order valence-electron chi connectivity index (χ2n) is 10.3. The summed E-state index contributed by atoms with van der Waals surface area (Å²) in [5, 5.41) is 19.9. The van der Waals surface area contributed by atoms with E-state index in [0.717, 1.165) is 6.42 Å². The van der Waals surface area contributed by atoms with Crippen LogP contribution in [0.15, 0.2) is 0 Å². The van der Waals surface area contributed by atoms with Gasteiger partial charge in [-0.2, -0.15) is 11.8 Å². The van der Waals surface area contributed by atoms with Crippen LogP contribution >= 0.6 is 11.8 Å². The molecule has 0 aliphatic carbocycles. The van der Waals surface area contributed by atoms with E-state index in [1.54, 1.807) is 0 Å². The van der Waals surface area contributed by atoms with Gasteiger partial charge in [0.2, 0.25) is 23.6 Å². The molecule has 232 valence electrons. The number of carbonyl (C=O) groups excluding carboxylic acids is 4. The minimum atomic E-state index is -1.17. The molecule has 0 saturated heterocycles. The van der Waals surface area contributed by atoms with E-state index in [0.29, 0.717) is 50.9 Å². The normalized spacial score (nSPS) is 14.9. The smallest absolute Gasteiger partial charge is 0.326 e. The maximum Gasteiger partial charge on any atom is 0.326 e. The molecular weight excluding hydrogens is 538 g/mol. The zero-order valence-corrected chi connectivity index (χ0v) is 25.2. The zero-order valence-electron chi connectivity index (χ0n) is 24.4. The van der Waals surface area contributed by atoms with Gasteiger partial charge in [-0.05, 0) is 82.9 Å². The Morgan fingerprint density at radius 3 is 1.75 bits per heavy atom. The maximum absolute atomic E-state index is 13.2. The first-order chi connectivity index (χ1) is 18.9. The molecule has 4 amide bonds. The van der Waals surface area contributed by atoms with E-state index in [2.05, 4.69) is 21.3 Å². The summed E-state index contributed by atoms with van der Waals surface area (Å²) in [6, 6.07) is -4.81. The van der Waals surface area contributed by atoms with Crippen molar-refractivity contribution in [2.24, 2.45) is 23.1 Å². The van der Waals surface area contributed by atoms with Crippen molar-refractivity contribution in [2.75, 3.05) is 25.1 Å². The molecule has 5 atom stereocenters. The molecule has 40 heavy (non-hydrogen) atoms. The van der Waals surface area contributed by atoms with Gasteiger partial charge in [0.05, 0.1) is 6.04 Å². The molecule has 0 bridgehead atoms. The van der Waals surface area contributed by atoms with Crippen LogP contribution in [0.1, 0.15) is 72.1 Å². The quantitative estimate of drug-likeness (QED) is 0.0748. The number of hydrogen-bond donors (Lipinski definition) is 8. The number of carboxylic acids is 1. The lowest BCUT2D eigenvalue weighted by molar-refractivity contribution is -0.142. The van der Waals surface area contributed by atoms with Crippen molar-refractivity contribution in [3.63, 3.8) is 0 Å². The number of carboxylic acid groups (broad SMARTS) is 1. The van der Waals surface area contributed by atoms with E-state index in [1.165, 1.54) is 18.7 Å². The van der Waals surface area contributed by atoms with Crippen molar-refractivity contribution in [3.05, 3.63) is 0 Å². The van der Waals surface area contributed by atoms with Crippen LogP contribution < -0.4 is 38.5 Å². The third-order valence-electron chi connectivity index (χ3n) is 6.20. The highest BCUT2D eigenvalue weighted by molar-refractivity contribution is 7.98. The Labute approximate surface area is 242 Å². The Balaban J connectivity index is 5.38. The molecule has 0 aromatic carbocycles. The third kappa shape index (κ3) is 16.0. The predicted octanol–water partition coefficient (Wildman–Crippen LogP) is -0.585. The fourth-order valence-corrected chi connectivity index (χ4v) is 4.30. The lowest BCUT2D eigenvalue weighted by Crippen LogP contribution is -2.58. The largest absolute Gasteiger partial charge is 0.480 e. The van der Waals surface area contributed by atoms with E-state index >= 15 is 0 Å². The van der Waals surface area contributed by atoms with Crippen molar-refractivity contribution in [2.45, 2.75) is 102 Å². The summed E-state index contributed by atoms with van der Waals surface area (Å²) in [5.41, 5.74) is 16.9. The first-order valence-corrected chi connectivity index (χ1v) is 15.4. The molecular formula is C26H51N7O6S. The van der Waals surface area contributed by atoms with Gasteiger partial charge in [0, 0.05) is 0 Å². The maximum atomic E-state index is 13.2. The number of rotatable bonds is 22. The summed E-state index contributed by atoms with van der Waals surface area (Å²) >= 11 is 1.48. The molecule has 0 spiro atoms. The molecule has 0 aromatic rings. The summed E-state index contributed by atoms with van der Waals surface area (Å²) in [7, 11) is 0. The van der Waals surface area contributed by atoms with Gasteiger partial charge in [-0.1, -0.05) is 20.3 Å². The summed E-state index contributed by atoms with van der Waals surface area (Å²) in [6.45, 7) is 6.17. The lowest BCUT2D eigenvalue weighted by Gasteiger charge is -2.26. The van der Waals surface area contributed by atoms with Gasteiger partial charge in [-0.3, -0.25) is 19.2 Å². The topological polar surface area (TPSA) is 232 Å². The summed E-state index contributed by atoms with van der Waals surface area (Å²) in [5.74, 6) is -2.78. The van der Waals surface area contributed by atoms with Crippen LogP contribution in [-0.2, 0) is 24.0 Å². The Bertz CT molecular complexity index is 802. The van der Waals surface area contributed by atoms with Crippen LogP contribution in [0, 0.1) is 5.92 Å². The van der Waals surface area contributed by atoms with Gasteiger partial charge in [-0.25, -0.2) is 4.79 Å². The molecule has 13 nitrogen and oxygen atoms in total. The van der Waals surface area contributed by atoms with Gasteiger partial charge in [0.1, 0.15) is 24.2 Å². The zero-order chi connectivity index (χ0) is 30.7. The Morgan fingerprint density at radius 1 is 0.700 bits per heavy atom. The van der Waals surface area contributed by atoms with Gasteiger partial charge in [-0.15, -0.1) is 0 Å². The molecule has 0 aromatic heterocycles. The van der Waals surface area contributed by atoms with Crippen LogP contribution in [0.3, 0.4) is 0 Å². The highest BCUT2D eigenvalue weighted by Gasteiger charge is 2.30. The highest BCUT2D eigenvalue weighted by Crippen LogP contribution is 2.09. The predicted molar refractivity (Wildman–Crippen MR) is 157 cm³/mol. The van der Waals surface area contributed by atoms with Crippen LogP contribution in [0.2, 0.25) is 0 Å². The van der Waals surface area contributed by atoms with E-state index in [1.807, 2.05) is 20.1 Å². The summed E-state index contributed by atoms with van der Waals surface area (Å²) < 4.78 is 0. The number of unbranched alkanes of at least 4 members (excludes halogenated alkanes) is 2. The number of aliphatic carboxylic acids is 1. The van der Waals surface area contributed by atoms with Crippen molar-refractivity contribution in [1.29, 1.82) is 0 Å². The average molecular weight is 590 g/mol. The van der Waals surface area contributed by atoms with E-state index < -0.39 is 59.8 Å². The number of nitrogens with two attached hydrogens (primary N) is 3. The minimum Gasteiger partial charge on any atom is -0.480 e. The molecule has 0 aliphatic rings. The second-order valence-corrected chi connectivity index (χ2v) is 11.3. The van der Waals surface area contributed by atoms with Crippen LogP contribution in [-0.4, -0.2) is 90.0 Å². The van der Waals surface area contributed by atoms with Crippen LogP contribution in [0.4, 0.5) is 0 Å². The molecule has 14 heteroatoms. The standard InChI is InChI=1S/C26H51N7O6S/c1-16(2)15-21(33-23(35)18(29)9-5-7-12-27)25(37)31-19(11-14-40-4)24(36)30-17(3)22(34)32-20(26(38)39)10-6-8-13-28/h16-21H,5-15,27-29H2,1-4H3,(H,30,36)(H,31,37)(H,32,34)(H,33,35)(H,38,39)/t17-,18-,19-,20-,21-/m0/s1. The Morgan fingerprint density at radius 2 is 1.23 bits per heavy atom. The Kier molecular flexibility index (Phi) is 20.1. The average Bonchev–Trinajstić information content (AvgIpc) is 2.89. The van der Waals surface area contributed by atoms with Crippen LogP contribution in [0.25, 0.3) is 0 Å². The number of amides is 4. The minimum absolute atomic E-state index is 0.0683. The lowest BCUT2D eigenvalue weighted by atomic mass is 10.0. The molecule has 0 saturated carbocycles. The third-order valence-corrected chi connectivity index (χ3v) is 6.85. The molecule has 0 fully saturated rings. The number of carbonyl (C=O) groups is 5. The molecule has 0 aliphatic heterocycles. The van der Waals surface area contributed by atoms with Crippen molar-refractivity contribution < 1.29 is 29.1 Å². The van der Waals surface area contributed by atoms with Gasteiger partial charge >= 0.3 is 5.97 Å². The molecule has 11 N–H and O–H groups in total. The van der Waals surface area contributed by atoms with Crippen molar-refractivity contribution >= 4 is 41.4 Å². The number of nitrogens with one attached hydrogen (secondary N) is 4. The fraction of sp³-hybridized carbons (Fsp3) is 0.808. The van der Waals surface area contributed by atoms with Gasteiger partial charge in [0.15, 0.2) is 0 Å². The van der Waals surface area contributed by atoms with E-state index in [4.69, 9.17) is 17.2 Å². The molecule has 0 unspecified atom stereocenters. The molecule has 0 radical (unpaired) electrons. The summed E-state index contributed by atoms with van der Waals surface area (Å²) in [4.78, 5) is 63.1. The van der Waals surface area contributed by atoms with Gasteiger partial charge < -0.3 is 43.6 Å². The first kappa shape index (κ1) is 37.6. The SMILES string of the molecule is CSCC[C@H](NC(=O)[C@H](CC(C)C)NC(=O)[C@@H](N)CCCCN)C(=O)N[C@@H](C)C(=O)N[C@@H](CCCCN)C(=O)O. The van der Waals surface area contributed by atoms with E-state index in [9.17, 15) is 29.1 Å².